The lowest BCUT2D eigenvalue weighted by Crippen LogP contribution is -2.37. The minimum Gasteiger partial charge on any atom is -0.493 e. The van der Waals surface area contributed by atoms with E-state index in [1.54, 1.807) is 31.2 Å². The van der Waals surface area contributed by atoms with Gasteiger partial charge in [0.05, 0.1) is 13.3 Å². The number of hydrogen-bond donors (Lipinski definition) is 0. The van der Waals surface area contributed by atoms with Crippen molar-refractivity contribution in [1.29, 1.82) is 0 Å². The summed E-state index contributed by atoms with van der Waals surface area (Å²) in [5.74, 6) is 0.517. The second kappa shape index (κ2) is 7.53. The third kappa shape index (κ3) is 3.60. The number of amides is 1. The fourth-order valence-electron chi connectivity index (χ4n) is 3.48. The highest BCUT2D eigenvalue weighted by Gasteiger charge is 2.30. The van der Waals surface area contributed by atoms with Crippen molar-refractivity contribution < 1.29 is 22.4 Å². The van der Waals surface area contributed by atoms with Crippen molar-refractivity contribution in [3.8, 4) is 5.75 Å². The molecule has 0 radical (unpaired) electrons. The van der Waals surface area contributed by atoms with Gasteiger partial charge < -0.3 is 14.1 Å². The van der Waals surface area contributed by atoms with Crippen molar-refractivity contribution in [2.75, 3.05) is 33.3 Å². The number of carbonyl (C=O) groups is 1. The molecule has 154 valence electrons. The number of methoxy groups -OCH3 is 1. The van der Waals surface area contributed by atoms with Crippen LogP contribution in [0.1, 0.15) is 17.0 Å². The van der Waals surface area contributed by atoms with Gasteiger partial charge in [0.15, 0.2) is 17.1 Å². The second-order valence-electron chi connectivity index (χ2n) is 6.89. The maximum absolute atomic E-state index is 13.0. The summed E-state index contributed by atoms with van der Waals surface area (Å²) in [4.78, 5) is 14.7. The minimum absolute atomic E-state index is 0.157. The fraction of sp³-hybridized carbons (Fsp3) is 0.368. The van der Waals surface area contributed by atoms with Crippen LogP contribution >= 0.6 is 0 Å². The van der Waals surface area contributed by atoms with Crippen LogP contribution in [0, 0.1) is 0 Å². The van der Waals surface area contributed by atoms with Gasteiger partial charge in [-0.3, -0.25) is 9.48 Å². The Labute approximate surface area is 168 Å². The van der Waals surface area contributed by atoms with Gasteiger partial charge in [0.1, 0.15) is 4.90 Å². The lowest BCUT2D eigenvalue weighted by atomic mass is 10.2. The van der Waals surface area contributed by atoms with Crippen molar-refractivity contribution in [3.63, 3.8) is 0 Å². The zero-order valence-corrected chi connectivity index (χ0v) is 17.1. The van der Waals surface area contributed by atoms with E-state index in [2.05, 4.69) is 5.10 Å². The lowest BCUT2D eigenvalue weighted by molar-refractivity contribution is 0.0734. The first kappa shape index (κ1) is 19.5. The highest BCUT2D eigenvalue weighted by Crippen LogP contribution is 2.29. The van der Waals surface area contributed by atoms with Crippen LogP contribution in [0.3, 0.4) is 0 Å². The van der Waals surface area contributed by atoms with Crippen LogP contribution in [-0.4, -0.2) is 66.6 Å². The average molecular weight is 418 g/mol. The number of fused-ring (bicyclic) bond motifs is 1. The van der Waals surface area contributed by atoms with Crippen LogP contribution in [0.4, 0.5) is 0 Å². The predicted molar refractivity (Wildman–Crippen MR) is 105 cm³/mol. The number of benzene rings is 1. The molecule has 10 heteroatoms. The molecule has 2 aromatic heterocycles. The summed E-state index contributed by atoms with van der Waals surface area (Å²) in [5.41, 5.74) is 0.522. The summed E-state index contributed by atoms with van der Waals surface area (Å²) >= 11 is 0. The maximum atomic E-state index is 13.0. The van der Waals surface area contributed by atoms with Crippen molar-refractivity contribution >= 4 is 26.9 Å². The number of sulfonamides is 1. The summed E-state index contributed by atoms with van der Waals surface area (Å²) in [6, 6.07) is 7.14. The second-order valence-corrected chi connectivity index (χ2v) is 8.83. The highest BCUT2D eigenvalue weighted by molar-refractivity contribution is 7.89. The minimum atomic E-state index is -3.64. The monoisotopic (exact) mass is 418 g/mol. The average Bonchev–Trinajstić information content (AvgIpc) is 3.26. The van der Waals surface area contributed by atoms with Gasteiger partial charge in [-0.05, 0) is 18.6 Å². The molecule has 0 bridgehead atoms. The standard InChI is InChI=1S/C19H22N4O5S/c1-21-13-15(12-20-21)29(25,26)23-8-4-7-22(9-10-23)19(24)17-11-14-5-3-6-16(27-2)18(14)28-17/h3,5-6,11-13H,4,7-10H2,1-2H3. The van der Waals surface area contributed by atoms with Gasteiger partial charge in [0.2, 0.25) is 10.0 Å². The van der Waals surface area contributed by atoms with Gasteiger partial charge in [0, 0.05) is 44.8 Å². The third-order valence-electron chi connectivity index (χ3n) is 5.00. The van der Waals surface area contributed by atoms with E-state index in [1.165, 1.54) is 21.4 Å². The zero-order valence-electron chi connectivity index (χ0n) is 16.2. The van der Waals surface area contributed by atoms with Crippen molar-refractivity contribution in [3.05, 3.63) is 42.4 Å². The molecule has 0 unspecified atom stereocenters. The Bertz CT molecular complexity index is 1150. The molecule has 9 nitrogen and oxygen atoms in total. The normalized spacial score (nSPS) is 16.1. The van der Waals surface area contributed by atoms with Gasteiger partial charge >= 0.3 is 0 Å². The number of ether oxygens (including phenoxy) is 1. The molecule has 0 N–H and O–H groups in total. The zero-order chi connectivity index (χ0) is 20.6. The predicted octanol–water partition coefficient (Wildman–Crippen LogP) is 1.71. The summed E-state index contributed by atoms with van der Waals surface area (Å²) in [5, 5.41) is 4.72. The molecule has 3 aromatic rings. The van der Waals surface area contributed by atoms with E-state index in [4.69, 9.17) is 9.15 Å². The molecule has 1 aliphatic rings. The lowest BCUT2D eigenvalue weighted by Gasteiger charge is -2.20. The summed E-state index contributed by atoms with van der Waals surface area (Å²) in [6.45, 7) is 1.29. The number of rotatable bonds is 4. The first-order chi connectivity index (χ1) is 13.9. The Balaban J connectivity index is 1.52. The summed E-state index contributed by atoms with van der Waals surface area (Å²) < 4.78 is 39.5. The molecule has 4 rings (SSSR count). The highest BCUT2D eigenvalue weighted by atomic mass is 32.2. The number of carbonyl (C=O) groups excluding carboxylic acids is 1. The van der Waals surface area contributed by atoms with Gasteiger partial charge in [-0.2, -0.15) is 9.40 Å². The number of aromatic nitrogens is 2. The molecule has 1 aromatic carbocycles. The molecular weight excluding hydrogens is 396 g/mol. The fourth-order valence-corrected chi connectivity index (χ4v) is 4.93. The summed E-state index contributed by atoms with van der Waals surface area (Å²) in [7, 11) is -0.418. The number of furan rings is 1. The Hall–Kier alpha value is -2.85. The van der Waals surface area contributed by atoms with Crippen molar-refractivity contribution in [2.24, 2.45) is 7.05 Å². The number of nitrogens with zero attached hydrogens (tertiary/aromatic N) is 4. The van der Waals surface area contributed by atoms with Crippen LogP contribution in [0.2, 0.25) is 0 Å². The Morgan fingerprint density at radius 2 is 2.03 bits per heavy atom. The molecule has 0 saturated carbocycles. The topological polar surface area (TPSA) is 97.9 Å². The molecule has 3 heterocycles. The molecule has 1 saturated heterocycles. The largest absolute Gasteiger partial charge is 0.493 e. The van der Waals surface area contributed by atoms with Crippen molar-refractivity contribution in [2.45, 2.75) is 11.3 Å². The molecule has 1 aliphatic heterocycles. The first-order valence-corrected chi connectivity index (χ1v) is 10.7. The van der Waals surface area contributed by atoms with Gasteiger partial charge in [-0.1, -0.05) is 12.1 Å². The van der Waals surface area contributed by atoms with E-state index >= 15 is 0 Å². The Morgan fingerprint density at radius 3 is 2.76 bits per heavy atom. The maximum Gasteiger partial charge on any atom is 0.289 e. The van der Waals surface area contributed by atoms with Gasteiger partial charge in [-0.15, -0.1) is 0 Å². The van der Waals surface area contributed by atoms with E-state index in [1.807, 2.05) is 12.1 Å². The molecular formula is C19H22N4O5S. The molecule has 0 atom stereocenters. The van der Waals surface area contributed by atoms with E-state index in [9.17, 15) is 13.2 Å². The SMILES string of the molecule is COc1cccc2cc(C(=O)N3CCCN(S(=O)(=O)c4cnn(C)c4)CC3)oc12. The molecule has 1 amide bonds. The third-order valence-corrected chi connectivity index (χ3v) is 6.85. The van der Waals surface area contributed by atoms with Gasteiger partial charge in [-0.25, -0.2) is 8.42 Å². The molecule has 0 spiro atoms. The molecule has 1 fully saturated rings. The van der Waals surface area contributed by atoms with Crippen LogP contribution in [0.15, 0.2) is 46.0 Å². The van der Waals surface area contributed by atoms with E-state index in [-0.39, 0.29) is 29.7 Å². The van der Waals surface area contributed by atoms with E-state index in [0.717, 1.165) is 5.39 Å². The Kier molecular flexibility index (Phi) is 5.05. The number of aryl methyl sites for hydroxylation is 1. The van der Waals surface area contributed by atoms with Crippen LogP contribution in [-0.2, 0) is 17.1 Å². The molecule has 0 aliphatic carbocycles. The molecule has 29 heavy (non-hydrogen) atoms. The van der Waals surface area contributed by atoms with Gasteiger partial charge in [0.25, 0.3) is 5.91 Å². The smallest absolute Gasteiger partial charge is 0.289 e. The summed E-state index contributed by atoms with van der Waals surface area (Å²) in [6.07, 6.45) is 3.35. The van der Waals surface area contributed by atoms with Crippen LogP contribution in [0.5, 0.6) is 5.75 Å². The van der Waals surface area contributed by atoms with Crippen LogP contribution < -0.4 is 4.74 Å². The quantitative estimate of drug-likeness (QED) is 0.640. The van der Waals surface area contributed by atoms with Crippen molar-refractivity contribution in [1.82, 2.24) is 19.0 Å². The van der Waals surface area contributed by atoms with E-state index in [0.29, 0.717) is 30.8 Å². The first-order valence-electron chi connectivity index (χ1n) is 9.25. The van der Waals surface area contributed by atoms with E-state index < -0.39 is 10.0 Å². The Morgan fingerprint density at radius 1 is 1.21 bits per heavy atom. The number of para-hydroxylation sites is 1. The van der Waals surface area contributed by atoms with Crippen LogP contribution in [0.25, 0.3) is 11.0 Å². The number of hydrogen-bond acceptors (Lipinski definition) is 6.